The van der Waals surface area contributed by atoms with Crippen molar-refractivity contribution in [3.63, 3.8) is 0 Å². The molecule has 1 atom stereocenters. The molecule has 5 heteroatoms. The van der Waals surface area contributed by atoms with Gasteiger partial charge in [-0.05, 0) is 47.4 Å². The second-order valence-electron chi connectivity index (χ2n) is 5.08. The average Bonchev–Trinajstić information content (AvgIpc) is 2.99. The van der Waals surface area contributed by atoms with Crippen molar-refractivity contribution in [2.24, 2.45) is 7.05 Å². The minimum atomic E-state index is 0.391. The maximum Gasteiger partial charge on any atom is 0.0767 e. The summed E-state index contributed by atoms with van der Waals surface area (Å²) in [5, 5.41) is 7.98. The lowest BCUT2D eigenvalue weighted by Crippen LogP contribution is -2.17. The number of aryl methyl sites for hydroxylation is 2. The molecule has 0 aliphatic heterocycles. The summed E-state index contributed by atoms with van der Waals surface area (Å²) in [5.41, 5.74) is 3.65. The van der Waals surface area contributed by atoms with Crippen LogP contribution in [0.25, 0.3) is 0 Å². The van der Waals surface area contributed by atoms with Crippen LogP contribution in [0.4, 0.5) is 0 Å². The van der Waals surface area contributed by atoms with Gasteiger partial charge in [-0.2, -0.15) is 5.10 Å². The first-order valence-electron chi connectivity index (χ1n) is 7.16. The minimum Gasteiger partial charge on any atom is -0.348 e. The summed E-state index contributed by atoms with van der Waals surface area (Å²) >= 11 is 3.67. The van der Waals surface area contributed by atoms with Gasteiger partial charge in [0, 0.05) is 25.5 Å². The summed E-state index contributed by atoms with van der Waals surface area (Å²) < 4.78 is 5.32. The Labute approximate surface area is 129 Å². The lowest BCUT2D eigenvalue weighted by Gasteiger charge is -2.10. The summed E-state index contributed by atoms with van der Waals surface area (Å²) in [4.78, 5) is 0. The largest absolute Gasteiger partial charge is 0.348 e. The first-order valence-corrected chi connectivity index (χ1v) is 7.95. The molecule has 0 saturated carbocycles. The van der Waals surface area contributed by atoms with Crippen LogP contribution in [0.5, 0.6) is 0 Å². The molecule has 1 unspecified atom stereocenters. The molecule has 0 amide bonds. The molecule has 110 valence electrons. The standard InChI is InChI=1S/C15H23BrN4/c1-5-13-15(16)14(19(4)18-13)10-20-8-7-12(9-20)11(3)17-6-2/h7-9,11,17H,5-6,10H2,1-4H3. The lowest BCUT2D eigenvalue weighted by molar-refractivity contribution is 0.595. The van der Waals surface area contributed by atoms with E-state index in [1.165, 1.54) is 11.3 Å². The van der Waals surface area contributed by atoms with E-state index < -0.39 is 0 Å². The van der Waals surface area contributed by atoms with Gasteiger partial charge in [0.25, 0.3) is 0 Å². The van der Waals surface area contributed by atoms with E-state index in [2.05, 4.69) is 70.1 Å². The minimum absolute atomic E-state index is 0.391. The third kappa shape index (κ3) is 3.15. The summed E-state index contributed by atoms with van der Waals surface area (Å²) in [6.07, 6.45) is 5.29. The average molecular weight is 339 g/mol. The van der Waals surface area contributed by atoms with Crippen LogP contribution in [0.2, 0.25) is 0 Å². The molecule has 0 bridgehead atoms. The number of hydrogen-bond acceptors (Lipinski definition) is 2. The van der Waals surface area contributed by atoms with E-state index >= 15 is 0 Å². The molecule has 4 nitrogen and oxygen atoms in total. The van der Waals surface area contributed by atoms with Crippen LogP contribution in [0.1, 0.15) is 43.8 Å². The zero-order chi connectivity index (χ0) is 14.7. The van der Waals surface area contributed by atoms with E-state index in [-0.39, 0.29) is 0 Å². The predicted molar refractivity (Wildman–Crippen MR) is 85.9 cm³/mol. The molecular formula is C15H23BrN4. The van der Waals surface area contributed by atoms with Gasteiger partial charge in [0.15, 0.2) is 0 Å². The third-order valence-electron chi connectivity index (χ3n) is 3.62. The van der Waals surface area contributed by atoms with Gasteiger partial charge >= 0.3 is 0 Å². The van der Waals surface area contributed by atoms with Crippen molar-refractivity contribution >= 4 is 15.9 Å². The third-order valence-corrected chi connectivity index (χ3v) is 4.53. The monoisotopic (exact) mass is 338 g/mol. The molecule has 2 heterocycles. The van der Waals surface area contributed by atoms with E-state index in [0.717, 1.165) is 29.7 Å². The Bertz CT molecular complexity index is 570. The highest BCUT2D eigenvalue weighted by Gasteiger charge is 2.13. The Kier molecular flexibility index (Phi) is 5.05. The summed E-state index contributed by atoms with van der Waals surface area (Å²) in [6.45, 7) is 8.27. The maximum atomic E-state index is 4.54. The van der Waals surface area contributed by atoms with Gasteiger partial charge < -0.3 is 9.88 Å². The van der Waals surface area contributed by atoms with Crippen LogP contribution < -0.4 is 5.32 Å². The number of halogens is 1. The number of aromatic nitrogens is 3. The van der Waals surface area contributed by atoms with Crippen molar-refractivity contribution < 1.29 is 0 Å². The Morgan fingerprint density at radius 1 is 1.40 bits per heavy atom. The van der Waals surface area contributed by atoms with Crippen molar-refractivity contribution in [3.05, 3.63) is 39.9 Å². The number of nitrogens with zero attached hydrogens (tertiary/aromatic N) is 3. The van der Waals surface area contributed by atoms with Gasteiger partial charge in [0.05, 0.1) is 22.4 Å². The van der Waals surface area contributed by atoms with Crippen molar-refractivity contribution in [2.75, 3.05) is 6.54 Å². The Morgan fingerprint density at radius 2 is 2.15 bits per heavy atom. The molecule has 2 aromatic heterocycles. The topological polar surface area (TPSA) is 34.8 Å². The van der Waals surface area contributed by atoms with Gasteiger partial charge in [0.2, 0.25) is 0 Å². The molecule has 0 fully saturated rings. The van der Waals surface area contributed by atoms with E-state index in [1.54, 1.807) is 0 Å². The second kappa shape index (κ2) is 6.59. The predicted octanol–water partition coefficient (Wildman–Crippen LogP) is 3.27. The molecule has 20 heavy (non-hydrogen) atoms. The van der Waals surface area contributed by atoms with Crippen LogP contribution in [-0.4, -0.2) is 20.9 Å². The Balaban J connectivity index is 2.17. The molecule has 0 spiro atoms. The Hall–Kier alpha value is -1.07. The van der Waals surface area contributed by atoms with E-state index in [0.29, 0.717) is 6.04 Å². The van der Waals surface area contributed by atoms with Gasteiger partial charge in [-0.1, -0.05) is 13.8 Å². The van der Waals surface area contributed by atoms with Crippen LogP contribution in [0.15, 0.2) is 22.9 Å². The normalized spacial score (nSPS) is 12.8. The second-order valence-corrected chi connectivity index (χ2v) is 5.87. The first kappa shape index (κ1) is 15.3. The zero-order valence-electron chi connectivity index (χ0n) is 12.7. The summed E-state index contributed by atoms with van der Waals surface area (Å²) in [6, 6.07) is 2.57. The van der Waals surface area contributed by atoms with Gasteiger partial charge in [-0.15, -0.1) is 0 Å². The molecule has 0 saturated heterocycles. The van der Waals surface area contributed by atoms with Crippen LogP contribution in [0, 0.1) is 0 Å². The molecule has 2 rings (SSSR count). The first-order chi connectivity index (χ1) is 9.56. The fraction of sp³-hybridized carbons (Fsp3) is 0.533. The molecule has 2 aromatic rings. The molecule has 1 N–H and O–H groups in total. The zero-order valence-corrected chi connectivity index (χ0v) is 14.2. The molecule has 0 aliphatic carbocycles. The fourth-order valence-corrected chi connectivity index (χ4v) is 3.14. The Morgan fingerprint density at radius 3 is 2.75 bits per heavy atom. The van der Waals surface area contributed by atoms with Crippen LogP contribution in [0.3, 0.4) is 0 Å². The molecule has 0 radical (unpaired) electrons. The van der Waals surface area contributed by atoms with Gasteiger partial charge in [0.1, 0.15) is 0 Å². The van der Waals surface area contributed by atoms with Crippen molar-refractivity contribution in [1.82, 2.24) is 19.7 Å². The highest BCUT2D eigenvalue weighted by atomic mass is 79.9. The molecule has 0 aliphatic rings. The SMILES string of the molecule is CCNC(C)c1ccn(Cc2c(Br)c(CC)nn2C)c1. The van der Waals surface area contributed by atoms with Crippen molar-refractivity contribution in [1.29, 1.82) is 0 Å². The van der Waals surface area contributed by atoms with Gasteiger partial charge in [-0.25, -0.2) is 0 Å². The highest BCUT2D eigenvalue weighted by Crippen LogP contribution is 2.23. The number of hydrogen-bond donors (Lipinski definition) is 1. The fourth-order valence-electron chi connectivity index (χ4n) is 2.40. The number of rotatable bonds is 6. The molecular weight excluding hydrogens is 316 g/mol. The van der Waals surface area contributed by atoms with Crippen molar-refractivity contribution in [2.45, 2.75) is 39.8 Å². The maximum absolute atomic E-state index is 4.54. The van der Waals surface area contributed by atoms with E-state index in [4.69, 9.17) is 0 Å². The van der Waals surface area contributed by atoms with Gasteiger partial charge in [-0.3, -0.25) is 4.68 Å². The number of nitrogens with one attached hydrogen (secondary N) is 1. The van der Waals surface area contributed by atoms with Crippen molar-refractivity contribution in [3.8, 4) is 0 Å². The molecule has 0 aromatic carbocycles. The van der Waals surface area contributed by atoms with Crippen LogP contribution >= 0.6 is 15.9 Å². The highest BCUT2D eigenvalue weighted by molar-refractivity contribution is 9.10. The smallest absolute Gasteiger partial charge is 0.0767 e. The summed E-state index contributed by atoms with van der Waals surface area (Å²) in [7, 11) is 2.00. The lowest BCUT2D eigenvalue weighted by atomic mass is 10.2. The quantitative estimate of drug-likeness (QED) is 0.877. The van der Waals surface area contributed by atoms with Crippen LogP contribution in [-0.2, 0) is 20.0 Å². The van der Waals surface area contributed by atoms with E-state index in [1.807, 2.05) is 11.7 Å². The summed E-state index contributed by atoms with van der Waals surface area (Å²) in [5.74, 6) is 0. The van der Waals surface area contributed by atoms with E-state index in [9.17, 15) is 0 Å².